The number of aryl methyl sites for hydroxylation is 1. The van der Waals surface area contributed by atoms with Crippen molar-refractivity contribution in [2.45, 2.75) is 13.5 Å². The molecule has 0 amide bonds. The average molecular weight is 250 g/mol. The molecule has 0 aliphatic carbocycles. The van der Waals surface area contributed by atoms with E-state index in [4.69, 9.17) is 4.42 Å². The maximum atomic E-state index is 13.4. The molecule has 0 saturated heterocycles. The molecule has 0 unspecified atom stereocenters. The molecule has 0 radical (unpaired) electrons. The van der Waals surface area contributed by atoms with E-state index in [0.29, 0.717) is 11.4 Å². The van der Waals surface area contributed by atoms with Crippen LogP contribution in [0.1, 0.15) is 11.3 Å². The summed E-state index contributed by atoms with van der Waals surface area (Å²) in [6.45, 7) is 2.04. The molecule has 0 spiro atoms. The Balaban J connectivity index is 2.06. The first-order valence-electron chi connectivity index (χ1n) is 5.29. The summed E-state index contributed by atoms with van der Waals surface area (Å²) in [4.78, 5) is 9.80. The molecule has 1 N–H and O–H groups in total. The Bertz CT molecular complexity index is 580. The van der Waals surface area contributed by atoms with Gasteiger partial charge in [-0.25, -0.2) is 4.39 Å². The van der Waals surface area contributed by atoms with Crippen molar-refractivity contribution in [2.24, 2.45) is 0 Å². The molecule has 0 fully saturated rings. The zero-order chi connectivity index (χ0) is 13.1. The summed E-state index contributed by atoms with van der Waals surface area (Å²) in [6, 6.07) is 7.44. The maximum Gasteiger partial charge on any atom is 0.433 e. The van der Waals surface area contributed by atoms with Crippen molar-refractivity contribution in [3.05, 3.63) is 57.6 Å². The van der Waals surface area contributed by atoms with Crippen molar-refractivity contribution >= 4 is 11.6 Å². The van der Waals surface area contributed by atoms with Gasteiger partial charge in [-0.2, -0.15) is 0 Å². The predicted molar refractivity (Wildman–Crippen MR) is 63.8 cm³/mol. The number of rotatable bonds is 4. The second-order valence-corrected chi connectivity index (χ2v) is 3.83. The quantitative estimate of drug-likeness (QED) is 0.668. The van der Waals surface area contributed by atoms with Crippen LogP contribution in [0.3, 0.4) is 0 Å². The van der Waals surface area contributed by atoms with Crippen molar-refractivity contribution in [2.75, 3.05) is 5.32 Å². The van der Waals surface area contributed by atoms with Crippen LogP contribution in [0.2, 0.25) is 0 Å². The van der Waals surface area contributed by atoms with Gasteiger partial charge in [-0.05, 0) is 30.7 Å². The molecule has 0 saturated carbocycles. The number of benzene rings is 1. The summed E-state index contributed by atoms with van der Waals surface area (Å²) >= 11 is 0. The maximum absolute atomic E-state index is 13.4. The van der Waals surface area contributed by atoms with Crippen LogP contribution < -0.4 is 5.32 Å². The number of hydrogen-bond acceptors (Lipinski definition) is 4. The number of halogens is 1. The molecule has 5 nitrogen and oxygen atoms in total. The summed E-state index contributed by atoms with van der Waals surface area (Å²) in [5.74, 6) is -0.319. The molecule has 0 aliphatic heterocycles. The van der Waals surface area contributed by atoms with E-state index >= 15 is 0 Å². The largest absolute Gasteiger partial charge is 0.433 e. The van der Waals surface area contributed by atoms with Crippen LogP contribution in [0.4, 0.5) is 16.0 Å². The van der Waals surface area contributed by atoms with Crippen LogP contribution in [0, 0.1) is 22.9 Å². The molecule has 0 atom stereocenters. The lowest BCUT2D eigenvalue weighted by atomic mass is 10.2. The van der Waals surface area contributed by atoms with Crippen LogP contribution in [-0.2, 0) is 6.54 Å². The predicted octanol–water partition coefficient (Wildman–Crippen LogP) is 3.25. The zero-order valence-electron chi connectivity index (χ0n) is 9.64. The minimum atomic E-state index is -0.614. The standard InChI is InChI=1S/C12H11FN2O3/c1-8-2-4-10(13)11(6-8)14-7-9-3-5-12(18-9)15(16)17/h2-6,14H,7H2,1H3. The second kappa shape index (κ2) is 4.87. The Kier molecular flexibility index (Phi) is 3.27. The molecule has 2 rings (SSSR count). The highest BCUT2D eigenvalue weighted by Gasteiger charge is 2.11. The summed E-state index contributed by atoms with van der Waals surface area (Å²) in [6.07, 6.45) is 0. The Morgan fingerprint density at radius 3 is 2.83 bits per heavy atom. The molecule has 0 bridgehead atoms. The van der Waals surface area contributed by atoms with E-state index in [1.54, 1.807) is 12.1 Å². The molecule has 18 heavy (non-hydrogen) atoms. The normalized spacial score (nSPS) is 10.3. The Labute approximate surface area is 102 Å². The van der Waals surface area contributed by atoms with Crippen LogP contribution >= 0.6 is 0 Å². The first-order valence-corrected chi connectivity index (χ1v) is 5.29. The molecular formula is C12H11FN2O3. The summed E-state index contributed by atoms with van der Waals surface area (Å²) in [7, 11) is 0. The molecule has 1 aromatic heterocycles. The van der Waals surface area contributed by atoms with E-state index in [0.717, 1.165) is 5.56 Å². The molecule has 1 heterocycles. The number of nitrogens with zero attached hydrogens (tertiary/aromatic N) is 1. The lowest BCUT2D eigenvalue weighted by molar-refractivity contribution is -0.402. The fraction of sp³-hybridized carbons (Fsp3) is 0.167. The lowest BCUT2D eigenvalue weighted by Crippen LogP contribution is -2.00. The van der Waals surface area contributed by atoms with Gasteiger partial charge in [-0.3, -0.25) is 10.1 Å². The van der Waals surface area contributed by atoms with Crippen molar-refractivity contribution in [3.63, 3.8) is 0 Å². The van der Waals surface area contributed by atoms with Gasteiger partial charge in [0.1, 0.15) is 16.5 Å². The van der Waals surface area contributed by atoms with E-state index in [2.05, 4.69) is 5.32 Å². The van der Waals surface area contributed by atoms with Gasteiger partial charge in [0.2, 0.25) is 0 Å². The van der Waals surface area contributed by atoms with Crippen LogP contribution in [0.15, 0.2) is 34.7 Å². The fourth-order valence-electron chi connectivity index (χ4n) is 1.52. The average Bonchev–Trinajstić information content (AvgIpc) is 2.79. The van der Waals surface area contributed by atoms with Gasteiger partial charge in [0.05, 0.1) is 18.3 Å². The first kappa shape index (κ1) is 12.1. The third kappa shape index (κ3) is 2.65. The van der Waals surface area contributed by atoms with Gasteiger partial charge in [-0.15, -0.1) is 0 Å². The number of nitrogens with one attached hydrogen (secondary N) is 1. The SMILES string of the molecule is Cc1ccc(F)c(NCc2ccc([N+](=O)[O-])o2)c1. The molecule has 94 valence electrons. The molecule has 1 aromatic carbocycles. The Morgan fingerprint density at radius 2 is 2.17 bits per heavy atom. The third-order valence-electron chi connectivity index (χ3n) is 2.40. The van der Waals surface area contributed by atoms with Gasteiger partial charge in [0.25, 0.3) is 0 Å². The van der Waals surface area contributed by atoms with Gasteiger partial charge in [-0.1, -0.05) is 6.07 Å². The Hall–Kier alpha value is -2.37. The summed E-state index contributed by atoms with van der Waals surface area (Å²) < 4.78 is 18.4. The van der Waals surface area contributed by atoms with Crippen molar-refractivity contribution in [1.82, 2.24) is 0 Å². The highest BCUT2D eigenvalue weighted by atomic mass is 19.1. The number of anilines is 1. The van der Waals surface area contributed by atoms with E-state index in [-0.39, 0.29) is 18.2 Å². The fourth-order valence-corrected chi connectivity index (χ4v) is 1.52. The second-order valence-electron chi connectivity index (χ2n) is 3.83. The molecule has 6 heteroatoms. The van der Waals surface area contributed by atoms with Gasteiger partial charge >= 0.3 is 5.88 Å². The first-order chi connectivity index (χ1) is 8.56. The lowest BCUT2D eigenvalue weighted by Gasteiger charge is -2.06. The highest BCUT2D eigenvalue weighted by Crippen LogP contribution is 2.19. The number of nitro groups is 1. The third-order valence-corrected chi connectivity index (χ3v) is 2.40. The van der Waals surface area contributed by atoms with Crippen molar-refractivity contribution in [3.8, 4) is 0 Å². The molecule has 0 aliphatic rings. The zero-order valence-corrected chi connectivity index (χ0v) is 9.64. The monoisotopic (exact) mass is 250 g/mol. The van der Waals surface area contributed by atoms with E-state index in [1.807, 2.05) is 6.92 Å². The van der Waals surface area contributed by atoms with E-state index in [9.17, 15) is 14.5 Å². The Morgan fingerprint density at radius 1 is 1.39 bits per heavy atom. The van der Waals surface area contributed by atoms with Crippen LogP contribution in [0.25, 0.3) is 0 Å². The minimum Gasteiger partial charge on any atom is -0.404 e. The topological polar surface area (TPSA) is 68.3 Å². The number of hydrogen-bond donors (Lipinski definition) is 1. The molecular weight excluding hydrogens is 239 g/mol. The minimum absolute atomic E-state index is 0.189. The van der Waals surface area contributed by atoms with Gasteiger partial charge in [0.15, 0.2) is 0 Å². The number of furan rings is 1. The summed E-state index contributed by atoms with van der Waals surface area (Å²) in [5.41, 5.74) is 1.26. The van der Waals surface area contributed by atoms with Crippen molar-refractivity contribution < 1.29 is 13.7 Å². The van der Waals surface area contributed by atoms with E-state index in [1.165, 1.54) is 18.2 Å². The highest BCUT2D eigenvalue weighted by molar-refractivity contribution is 5.47. The van der Waals surface area contributed by atoms with Crippen LogP contribution in [-0.4, -0.2) is 4.92 Å². The van der Waals surface area contributed by atoms with Gasteiger partial charge < -0.3 is 9.73 Å². The smallest absolute Gasteiger partial charge is 0.404 e. The molecule has 2 aromatic rings. The van der Waals surface area contributed by atoms with Gasteiger partial charge in [0, 0.05) is 0 Å². The van der Waals surface area contributed by atoms with Crippen molar-refractivity contribution in [1.29, 1.82) is 0 Å². The summed E-state index contributed by atoms with van der Waals surface area (Å²) in [5, 5.41) is 13.2. The van der Waals surface area contributed by atoms with Crippen LogP contribution in [0.5, 0.6) is 0 Å². The van der Waals surface area contributed by atoms with E-state index < -0.39 is 4.92 Å².